The van der Waals surface area contributed by atoms with Gasteiger partial charge in [-0.05, 0) is 29.5 Å². The van der Waals surface area contributed by atoms with Gasteiger partial charge < -0.3 is 27.8 Å². The van der Waals surface area contributed by atoms with Crippen LogP contribution >= 0.6 is 43.6 Å². The second kappa shape index (κ2) is 9.66. The van der Waals surface area contributed by atoms with Crippen molar-refractivity contribution in [1.29, 1.82) is 0 Å². The Labute approximate surface area is 162 Å². The van der Waals surface area contributed by atoms with E-state index in [1.165, 1.54) is 0 Å². The Kier molecular flexibility index (Phi) is 8.06. The minimum Gasteiger partial charge on any atom is -0.377 e. The summed E-state index contributed by atoms with van der Waals surface area (Å²) in [5.41, 5.74) is 0. The molecule has 0 radical (unpaired) electrons. The Balaban J connectivity index is 1.85. The topological polar surface area (TPSA) is 95.7 Å². The molecule has 152 valence electrons. The SMILES string of the molecule is CN1CCO[P@@]12=N[P@@]1(Cl)=N[P@@](Cl)(=N2)OCCOCCOCCOCCO1. The van der Waals surface area contributed by atoms with Gasteiger partial charge in [0.25, 0.3) is 7.58 Å². The van der Waals surface area contributed by atoms with Gasteiger partial charge in [-0.1, -0.05) is 0 Å². The van der Waals surface area contributed by atoms with E-state index in [0.717, 1.165) is 0 Å². The molecular formula is C11H23Cl2N4O6P3. The zero-order valence-corrected chi connectivity index (χ0v) is 18.6. The van der Waals surface area contributed by atoms with Gasteiger partial charge in [-0.25, -0.2) is 4.67 Å². The molecule has 0 aliphatic carbocycles. The van der Waals surface area contributed by atoms with Gasteiger partial charge in [0.2, 0.25) is 0 Å². The van der Waals surface area contributed by atoms with E-state index in [4.69, 9.17) is 50.3 Å². The fourth-order valence-electron chi connectivity index (χ4n) is 2.26. The van der Waals surface area contributed by atoms with Crippen LogP contribution in [-0.4, -0.2) is 77.7 Å². The van der Waals surface area contributed by atoms with Crippen LogP contribution in [0.1, 0.15) is 0 Å². The van der Waals surface area contributed by atoms with E-state index in [2.05, 4.69) is 13.5 Å². The lowest BCUT2D eigenvalue weighted by molar-refractivity contribution is 0.00575. The smallest absolute Gasteiger partial charge is 0.301 e. The first kappa shape index (κ1) is 21.7. The highest BCUT2D eigenvalue weighted by molar-refractivity contribution is 8.00. The first-order chi connectivity index (χ1) is 12.5. The molecule has 3 atom stereocenters. The first-order valence-corrected chi connectivity index (χ1v) is 14.7. The van der Waals surface area contributed by atoms with Crippen molar-refractivity contribution in [3.05, 3.63) is 0 Å². The summed E-state index contributed by atoms with van der Waals surface area (Å²) in [7, 11) is -0.833. The van der Waals surface area contributed by atoms with Gasteiger partial charge in [-0.15, -0.1) is 0 Å². The first-order valence-electron chi connectivity index (χ1n) is 8.15. The van der Waals surface area contributed by atoms with Crippen LogP contribution in [0.15, 0.2) is 13.5 Å². The fourth-order valence-corrected chi connectivity index (χ4v) is 14.8. The lowest BCUT2D eigenvalue weighted by Gasteiger charge is -2.30. The monoisotopic (exact) mass is 470 g/mol. The Morgan fingerprint density at radius 3 is 1.65 bits per heavy atom. The molecular weight excluding hydrogens is 448 g/mol. The molecule has 0 saturated carbocycles. The van der Waals surface area contributed by atoms with Crippen LogP contribution < -0.4 is 0 Å². The predicted molar refractivity (Wildman–Crippen MR) is 103 cm³/mol. The third-order valence-corrected chi connectivity index (χ3v) is 14.6. The molecule has 0 unspecified atom stereocenters. The molecule has 0 aromatic rings. The van der Waals surface area contributed by atoms with Crippen LogP contribution in [0.5, 0.6) is 0 Å². The molecule has 0 amide bonds. The van der Waals surface area contributed by atoms with Crippen molar-refractivity contribution in [1.82, 2.24) is 4.67 Å². The van der Waals surface area contributed by atoms with E-state index < -0.39 is 21.2 Å². The van der Waals surface area contributed by atoms with Crippen LogP contribution in [0.2, 0.25) is 0 Å². The largest absolute Gasteiger partial charge is 0.377 e. The summed E-state index contributed by atoms with van der Waals surface area (Å²) in [6.45, 7) is -1.95. The standard InChI is InChI=1S/C11H23Cl2N4O6P3/c1-17-2-3-23-26(17)15-24(12)14-25(13,16-26)22-11-9-20-7-5-18-4-6-19-8-10-21-24/h2-11H2,1H3/t24-,25+,26-. The molecule has 3 aliphatic rings. The maximum atomic E-state index is 6.63. The van der Waals surface area contributed by atoms with E-state index in [9.17, 15) is 0 Å². The van der Waals surface area contributed by atoms with Crippen LogP contribution in [0, 0.1) is 0 Å². The lowest BCUT2D eigenvalue weighted by atomic mass is 10.7. The number of fused-ring (bicyclic) bond motifs is 1. The van der Waals surface area contributed by atoms with Gasteiger partial charge in [-0.2, -0.15) is 13.5 Å². The van der Waals surface area contributed by atoms with Gasteiger partial charge >= 0.3 is 13.6 Å². The van der Waals surface area contributed by atoms with Gasteiger partial charge in [0.05, 0.1) is 59.5 Å². The molecule has 3 aliphatic heterocycles. The second-order valence-corrected chi connectivity index (χ2v) is 14.6. The molecule has 15 heteroatoms. The van der Waals surface area contributed by atoms with Crippen molar-refractivity contribution in [2.24, 2.45) is 13.5 Å². The number of rotatable bonds is 0. The Hall–Kier alpha value is 0.990. The molecule has 26 heavy (non-hydrogen) atoms. The Morgan fingerprint density at radius 2 is 1.15 bits per heavy atom. The highest BCUT2D eigenvalue weighted by Gasteiger charge is 2.43. The maximum Gasteiger partial charge on any atom is 0.301 e. The quantitative estimate of drug-likeness (QED) is 0.484. The van der Waals surface area contributed by atoms with Crippen molar-refractivity contribution < 1.29 is 27.8 Å². The molecule has 1 saturated heterocycles. The van der Waals surface area contributed by atoms with E-state index in [1.54, 1.807) is 0 Å². The second-order valence-electron chi connectivity index (χ2n) is 5.45. The molecule has 3 heterocycles. The summed E-state index contributed by atoms with van der Waals surface area (Å²) in [5.74, 6) is 0. The highest BCUT2D eigenvalue weighted by atomic mass is 35.7. The van der Waals surface area contributed by atoms with Crippen molar-refractivity contribution in [3.8, 4) is 0 Å². The Bertz CT molecular complexity index is 646. The number of likely N-dealkylation sites (N-methyl/N-ethyl adjacent to an activating group) is 1. The summed E-state index contributed by atoms with van der Waals surface area (Å²) in [5, 5.41) is 0. The molecule has 0 N–H and O–H groups in total. The van der Waals surface area contributed by atoms with Crippen molar-refractivity contribution in [2.45, 2.75) is 0 Å². The van der Waals surface area contributed by atoms with Crippen LogP contribution in [0.25, 0.3) is 0 Å². The summed E-state index contributed by atoms with van der Waals surface area (Å²) in [6.07, 6.45) is 0. The van der Waals surface area contributed by atoms with Crippen molar-refractivity contribution in [2.75, 3.05) is 73.1 Å². The minimum absolute atomic E-state index is 0.230. The average molecular weight is 471 g/mol. The molecule has 0 aromatic heterocycles. The third-order valence-electron chi connectivity index (χ3n) is 3.51. The average Bonchev–Trinajstić information content (AvgIpc) is 2.89. The molecule has 3 rings (SSSR count). The number of halogens is 2. The van der Waals surface area contributed by atoms with Crippen LogP contribution in [0.3, 0.4) is 0 Å². The van der Waals surface area contributed by atoms with E-state index >= 15 is 0 Å². The minimum atomic E-state index is -3.08. The summed E-state index contributed by atoms with van der Waals surface area (Å²) >= 11 is 13.3. The zero-order valence-electron chi connectivity index (χ0n) is 14.4. The Morgan fingerprint density at radius 1 is 0.654 bits per heavy atom. The van der Waals surface area contributed by atoms with Gasteiger partial charge in [0.15, 0.2) is 0 Å². The van der Waals surface area contributed by atoms with E-state index in [-0.39, 0.29) is 13.2 Å². The summed E-state index contributed by atoms with van der Waals surface area (Å²) in [4.78, 5) is 0. The van der Waals surface area contributed by atoms with E-state index in [0.29, 0.717) is 52.8 Å². The van der Waals surface area contributed by atoms with Gasteiger partial charge in [0.1, 0.15) is 0 Å². The summed E-state index contributed by atoms with van der Waals surface area (Å²) in [6, 6.07) is 0. The number of hydrogen-bond acceptors (Lipinski definition) is 10. The normalized spacial score (nSPS) is 41.2. The highest BCUT2D eigenvalue weighted by Crippen LogP contribution is 2.83. The molecule has 0 aromatic carbocycles. The lowest BCUT2D eigenvalue weighted by Crippen LogP contribution is -2.13. The van der Waals surface area contributed by atoms with E-state index in [1.807, 2.05) is 11.7 Å². The van der Waals surface area contributed by atoms with Gasteiger partial charge in [0, 0.05) is 6.54 Å². The van der Waals surface area contributed by atoms with Crippen LogP contribution in [0.4, 0.5) is 0 Å². The molecule has 1 spiro atoms. The van der Waals surface area contributed by atoms with Gasteiger partial charge in [-0.3, -0.25) is 0 Å². The molecule has 1 fully saturated rings. The maximum absolute atomic E-state index is 6.63. The molecule has 2 bridgehead atoms. The fraction of sp³-hybridized carbons (Fsp3) is 1.00. The van der Waals surface area contributed by atoms with Crippen molar-refractivity contribution >= 4 is 43.6 Å². The van der Waals surface area contributed by atoms with Crippen molar-refractivity contribution in [3.63, 3.8) is 0 Å². The summed E-state index contributed by atoms with van der Waals surface area (Å²) < 4.78 is 49.2. The zero-order chi connectivity index (χ0) is 18.5. The number of ether oxygens (including phenoxy) is 3. The number of nitrogens with zero attached hydrogens (tertiary/aromatic N) is 4. The number of hydrogen-bond donors (Lipinski definition) is 0. The third kappa shape index (κ3) is 5.76. The molecule has 10 nitrogen and oxygen atoms in total. The predicted octanol–water partition coefficient (Wildman–Crippen LogP) is 4.37. The van der Waals surface area contributed by atoms with Crippen LogP contribution in [-0.2, 0) is 27.8 Å².